The number of nitrogens with zero attached hydrogens (tertiary/aromatic N) is 3. The molecule has 2 rings (SSSR count). The molecule has 1 unspecified atom stereocenters. The summed E-state index contributed by atoms with van der Waals surface area (Å²) in [6.07, 6.45) is -4.44. The molecule has 0 aliphatic heterocycles. The molecule has 20 heavy (non-hydrogen) atoms. The smallest absolute Gasteiger partial charge is 0.416 e. The number of hydrogen-bond donors (Lipinski definition) is 2. The van der Waals surface area contributed by atoms with Gasteiger partial charge < -0.3 is 5.11 Å². The highest BCUT2D eigenvalue weighted by molar-refractivity contribution is 5.75. The van der Waals surface area contributed by atoms with Gasteiger partial charge in [-0.2, -0.15) is 18.4 Å². The van der Waals surface area contributed by atoms with Gasteiger partial charge in [0.25, 0.3) is 0 Å². The summed E-state index contributed by atoms with van der Waals surface area (Å²) in [5.41, 5.74) is -0.345. The molecule has 0 aliphatic carbocycles. The van der Waals surface area contributed by atoms with Crippen LogP contribution in [0.15, 0.2) is 24.3 Å². The van der Waals surface area contributed by atoms with Gasteiger partial charge >= 0.3 is 12.1 Å². The van der Waals surface area contributed by atoms with Crippen molar-refractivity contribution in [1.82, 2.24) is 20.6 Å². The largest absolute Gasteiger partial charge is 0.481 e. The molecule has 9 heteroatoms. The Labute approximate surface area is 110 Å². The summed E-state index contributed by atoms with van der Waals surface area (Å²) in [5, 5.41) is 21.7. The van der Waals surface area contributed by atoms with Gasteiger partial charge in [0.1, 0.15) is 5.92 Å². The molecule has 1 heterocycles. The number of aromatic amines is 1. The fourth-order valence-electron chi connectivity index (χ4n) is 1.67. The Kier molecular flexibility index (Phi) is 3.68. The highest BCUT2D eigenvalue weighted by Gasteiger charge is 2.30. The monoisotopic (exact) mass is 286 g/mol. The number of carboxylic acid groups (broad SMARTS) is 1. The van der Waals surface area contributed by atoms with Crippen molar-refractivity contribution in [2.75, 3.05) is 0 Å². The predicted molar refractivity (Wildman–Crippen MR) is 59.7 cm³/mol. The number of aromatic nitrogens is 4. The third kappa shape index (κ3) is 3.11. The third-order valence-electron chi connectivity index (χ3n) is 2.69. The zero-order chi connectivity index (χ0) is 14.8. The van der Waals surface area contributed by atoms with E-state index in [0.717, 1.165) is 12.1 Å². The number of rotatable bonds is 4. The van der Waals surface area contributed by atoms with Gasteiger partial charge in [0.15, 0.2) is 5.82 Å². The van der Waals surface area contributed by atoms with Crippen LogP contribution in [-0.2, 0) is 17.4 Å². The fourth-order valence-corrected chi connectivity index (χ4v) is 1.67. The van der Waals surface area contributed by atoms with Crippen molar-refractivity contribution in [3.05, 3.63) is 41.2 Å². The third-order valence-corrected chi connectivity index (χ3v) is 2.69. The number of hydrogen-bond acceptors (Lipinski definition) is 4. The zero-order valence-corrected chi connectivity index (χ0v) is 9.92. The zero-order valence-electron chi connectivity index (χ0n) is 9.92. The van der Waals surface area contributed by atoms with Crippen LogP contribution in [0.2, 0.25) is 0 Å². The van der Waals surface area contributed by atoms with Crippen LogP contribution in [0.25, 0.3) is 0 Å². The highest BCUT2D eigenvalue weighted by Crippen LogP contribution is 2.29. The quantitative estimate of drug-likeness (QED) is 0.891. The highest BCUT2D eigenvalue weighted by atomic mass is 19.4. The molecule has 0 fully saturated rings. The van der Waals surface area contributed by atoms with Crippen LogP contribution in [0.1, 0.15) is 22.9 Å². The minimum Gasteiger partial charge on any atom is -0.481 e. The lowest BCUT2D eigenvalue weighted by Crippen LogP contribution is -2.16. The molecule has 0 spiro atoms. The number of carboxylic acids is 1. The van der Waals surface area contributed by atoms with Gasteiger partial charge in [0.05, 0.1) is 5.56 Å². The lowest BCUT2D eigenvalue weighted by Gasteiger charge is -2.10. The number of H-pyrrole nitrogens is 1. The number of benzene rings is 1. The van der Waals surface area contributed by atoms with E-state index in [-0.39, 0.29) is 12.2 Å². The Balaban J connectivity index is 2.18. The Morgan fingerprint density at radius 2 is 1.95 bits per heavy atom. The van der Waals surface area contributed by atoms with Crippen LogP contribution in [0.5, 0.6) is 0 Å². The molecule has 0 bridgehead atoms. The maximum Gasteiger partial charge on any atom is 0.416 e. The Morgan fingerprint density at radius 1 is 1.30 bits per heavy atom. The standard InChI is InChI=1S/C11H9F3N4O2/c12-11(13,14)7-3-1-6(2-4-7)5-8(10(19)20)9-15-17-18-16-9/h1-4,8H,5H2,(H,19,20)(H,15,16,17,18). The first-order chi connectivity index (χ1) is 9.38. The van der Waals surface area contributed by atoms with Crippen molar-refractivity contribution >= 4 is 5.97 Å². The molecule has 6 nitrogen and oxygen atoms in total. The van der Waals surface area contributed by atoms with Gasteiger partial charge in [-0.05, 0) is 24.1 Å². The molecule has 1 atom stereocenters. The van der Waals surface area contributed by atoms with Crippen LogP contribution in [0.4, 0.5) is 13.2 Å². The van der Waals surface area contributed by atoms with E-state index in [1.165, 1.54) is 12.1 Å². The van der Waals surface area contributed by atoms with Gasteiger partial charge in [0, 0.05) is 0 Å². The summed E-state index contributed by atoms with van der Waals surface area (Å²) < 4.78 is 37.2. The predicted octanol–water partition coefficient (Wildman–Crippen LogP) is 1.63. The van der Waals surface area contributed by atoms with Crippen LogP contribution >= 0.6 is 0 Å². The number of alkyl halides is 3. The van der Waals surface area contributed by atoms with Crippen molar-refractivity contribution in [1.29, 1.82) is 0 Å². The Morgan fingerprint density at radius 3 is 2.40 bits per heavy atom. The van der Waals surface area contributed by atoms with Crippen molar-refractivity contribution in [3.8, 4) is 0 Å². The van der Waals surface area contributed by atoms with Crippen LogP contribution < -0.4 is 0 Å². The van der Waals surface area contributed by atoms with Gasteiger partial charge in [-0.3, -0.25) is 4.79 Å². The van der Waals surface area contributed by atoms with Gasteiger partial charge in [0.2, 0.25) is 0 Å². The summed E-state index contributed by atoms with van der Waals surface area (Å²) in [6, 6.07) is 4.28. The SMILES string of the molecule is O=C(O)C(Cc1ccc(C(F)(F)F)cc1)c1nn[nH]n1. The Bertz CT molecular complexity index is 581. The van der Waals surface area contributed by atoms with E-state index < -0.39 is 23.6 Å². The minimum absolute atomic E-state index is 0.0163. The molecule has 1 aromatic heterocycles. The molecule has 0 amide bonds. The molecule has 0 saturated heterocycles. The lowest BCUT2D eigenvalue weighted by atomic mass is 9.98. The number of tetrazole rings is 1. The molecular weight excluding hydrogens is 277 g/mol. The molecule has 0 saturated carbocycles. The van der Waals surface area contributed by atoms with Gasteiger partial charge in [-0.25, -0.2) is 0 Å². The van der Waals surface area contributed by atoms with E-state index >= 15 is 0 Å². The molecular formula is C11H9F3N4O2. The van der Waals surface area contributed by atoms with Crippen molar-refractivity contribution in [2.45, 2.75) is 18.5 Å². The summed E-state index contributed by atoms with van der Waals surface area (Å²) >= 11 is 0. The first-order valence-corrected chi connectivity index (χ1v) is 5.50. The maximum absolute atomic E-state index is 12.4. The first-order valence-electron chi connectivity index (χ1n) is 5.50. The van der Waals surface area contributed by atoms with Crippen molar-refractivity contribution in [2.24, 2.45) is 0 Å². The summed E-state index contributed by atoms with van der Waals surface area (Å²) in [5.74, 6) is -2.26. The molecule has 0 radical (unpaired) electrons. The Hall–Kier alpha value is -2.45. The van der Waals surface area contributed by atoms with Crippen LogP contribution in [-0.4, -0.2) is 31.7 Å². The van der Waals surface area contributed by atoms with Crippen molar-refractivity contribution in [3.63, 3.8) is 0 Å². The van der Waals surface area contributed by atoms with Gasteiger partial charge in [-0.15, -0.1) is 10.2 Å². The van der Waals surface area contributed by atoms with E-state index in [0.29, 0.717) is 5.56 Å². The number of carbonyl (C=O) groups is 1. The lowest BCUT2D eigenvalue weighted by molar-refractivity contribution is -0.139. The molecule has 2 N–H and O–H groups in total. The van der Waals surface area contributed by atoms with Crippen LogP contribution in [0, 0.1) is 0 Å². The van der Waals surface area contributed by atoms with Crippen molar-refractivity contribution < 1.29 is 23.1 Å². The molecule has 2 aromatic rings. The molecule has 1 aromatic carbocycles. The van der Waals surface area contributed by atoms with E-state index in [4.69, 9.17) is 5.11 Å². The normalized spacial score (nSPS) is 13.2. The second kappa shape index (κ2) is 5.27. The van der Waals surface area contributed by atoms with E-state index in [2.05, 4.69) is 20.6 Å². The topological polar surface area (TPSA) is 91.8 Å². The van der Waals surface area contributed by atoms with E-state index in [1.54, 1.807) is 0 Å². The summed E-state index contributed by atoms with van der Waals surface area (Å²) in [4.78, 5) is 11.1. The van der Waals surface area contributed by atoms with E-state index in [1.807, 2.05) is 0 Å². The second-order valence-electron chi connectivity index (χ2n) is 4.06. The first kappa shape index (κ1) is 14.0. The molecule has 106 valence electrons. The number of aliphatic carboxylic acids is 1. The second-order valence-corrected chi connectivity index (χ2v) is 4.06. The fraction of sp³-hybridized carbons (Fsp3) is 0.273. The van der Waals surface area contributed by atoms with Gasteiger partial charge in [-0.1, -0.05) is 17.3 Å². The number of nitrogens with one attached hydrogen (secondary N) is 1. The minimum atomic E-state index is -4.42. The molecule has 0 aliphatic rings. The number of halogens is 3. The van der Waals surface area contributed by atoms with E-state index in [9.17, 15) is 18.0 Å². The summed E-state index contributed by atoms with van der Waals surface area (Å²) in [6.45, 7) is 0. The average Bonchev–Trinajstić information content (AvgIpc) is 2.88. The maximum atomic E-state index is 12.4. The van der Waals surface area contributed by atoms with Crippen LogP contribution in [0.3, 0.4) is 0 Å². The average molecular weight is 286 g/mol. The summed E-state index contributed by atoms with van der Waals surface area (Å²) in [7, 11) is 0.